The molecule has 134 valence electrons. The van der Waals surface area contributed by atoms with E-state index in [9.17, 15) is 4.79 Å². The Morgan fingerprint density at radius 3 is 2.44 bits per heavy atom. The fourth-order valence-electron chi connectivity index (χ4n) is 2.97. The number of nitrogens with one attached hydrogen (secondary N) is 2. The highest BCUT2D eigenvalue weighted by Crippen LogP contribution is 2.29. The van der Waals surface area contributed by atoms with E-state index >= 15 is 0 Å². The van der Waals surface area contributed by atoms with Gasteiger partial charge in [-0.25, -0.2) is 0 Å². The molecule has 2 N–H and O–H groups in total. The maximum atomic E-state index is 12.5. The van der Waals surface area contributed by atoms with Crippen molar-refractivity contribution in [3.8, 4) is 5.75 Å². The van der Waals surface area contributed by atoms with Gasteiger partial charge < -0.3 is 15.4 Å². The van der Waals surface area contributed by atoms with Crippen molar-refractivity contribution >= 4 is 24.0 Å². The van der Waals surface area contributed by atoms with Crippen molar-refractivity contribution < 1.29 is 9.53 Å². The van der Waals surface area contributed by atoms with Gasteiger partial charge in [0.15, 0.2) is 0 Å². The molecule has 3 rings (SSSR count). The average molecular weight is 361 g/mol. The van der Waals surface area contributed by atoms with Gasteiger partial charge in [0.2, 0.25) is 5.91 Å². The maximum Gasteiger partial charge on any atom is 0.227 e. The van der Waals surface area contributed by atoms with Gasteiger partial charge in [0.1, 0.15) is 11.9 Å². The van der Waals surface area contributed by atoms with E-state index in [1.807, 2.05) is 61.5 Å². The van der Waals surface area contributed by atoms with Crippen LogP contribution in [0.25, 0.3) is 0 Å². The molecule has 0 saturated carbocycles. The van der Waals surface area contributed by atoms with Crippen LogP contribution in [-0.2, 0) is 4.79 Å². The first-order chi connectivity index (χ1) is 11.7. The molecule has 0 spiro atoms. The number of anilines is 1. The fourth-order valence-corrected chi connectivity index (χ4v) is 2.97. The van der Waals surface area contributed by atoms with Gasteiger partial charge in [-0.2, -0.15) is 0 Å². The van der Waals surface area contributed by atoms with Crippen LogP contribution in [0.3, 0.4) is 0 Å². The molecule has 0 bridgehead atoms. The molecular weight excluding hydrogens is 336 g/mol. The molecule has 0 radical (unpaired) electrons. The van der Waals surface area contributed by atoms with Crippen molar-refractivity contribution in [1.82, 2.24) is 5.32 Å². The number of carbonyl (C=O) groups excluding carboxylic acids is 1. The molecule has 1 aliphatic heterocycles. The lowest BCUT2D eigenvalue weighted by atomic mass is 9.97. The van der Waals surface area contributed by atoms with Crippen LogP contribution in [0.15, 0.2) is 54.6 Å². The van der Waals surface area contributed by atoms with E-state index in [4.69, 9.17) is 4.74 Å². The van der Waals surface area contributed by atoms with E-state index in [-0.39, 0.29) is 30.3 Å². The summed E-state index contributed by atoms with van der Waals surface area (Å²) in [5, 5.41) is 6.33. The summed E-state index contributed by atoms with van der Waals surface area (Å²) in [5.74, 6) is 0.863. The minimum absolute atomic E-state index is 0. The van der Waals surface area contributed by atoms with Crippen molar-refractivity contribution in [3.05, 3.63) is 60.2 Å². The first-order valence-electron chi connectivity index (χ1n) is 8.56. The molecule has 5 heteroatoms. The lowest BCUT2D eigenvalue weighted by molar-refractivity contribution is -0.120. The number of para-hydroxylation sites is 2. The summed E-state index contributed by atoms with van der Waals surface area (Å²) in [7, 11) is 0. The van der Waals surface area contributed by atoms with Crippen LogP contribution >= 0.6 is 12.4 Å². The normalized spacial score (nSPS) is 15.7. The zero-order chi connectivity index (χ0) is 16.8. The topological polar surface area (TPSA) is 50.4 Å². The second-order valence-electron chi connectivity index (χ2n) is 6.18. The van der Waals surface area contributed by atoms with Gasteiger partial charge in [-0.05, 0) is 50.6 Å². The van der Waals surface area contributed by atoms with E-state index in [2.05, 4.69) is 10.6 Å². The Bertz CT molecular complexity index is 672. The quantitative estimate of drug-likeness (QED) is 0.840. The highest BCUT2D eigenvalue weighted by molar-refractivity contribution is 5.94. The Kier molecular flexibility index (Phi) is 7.29. The number of hydrogen-bond donors (Lipinski definition) is 2. The number of piperidine rings is 1. The number of rotatable bonds is 5. The number of hydrogen-bond acceptors (Lipinski definition) is 3. The van der Waals surface area contributed by atoms with Crippen LogP contribution in [0, 0.1) is 5.92 Å². The second kappa shape index (κ2) is 9.44. The number of amides is 1. The van der Waals surface area contributed by atoms with Crippen molar-refractivity contribution in [2.75, 3.05) is 18.4 Å². The Morgan fingerprint density at radius 2 is 1.72 bits per heavy atom. The smallest absolute Gasteiger partial charge is 0.227 e. The summed E-state index contributed by atoms with van der Waals surface area (Å²) in [4.78, 5) is 12.5. The average Bonchev–Trinajstić information content (AvgIpc) is 2.64. The van der Waals surface area contributed by atoms with Gasteiger partial charge >= 0.3 is 0 Å². The molecular formula is C20H25ClN2O2. The minimum Gasteiger partial charge on any atom is -0.484 e. The number of carbonyl (C=O) groups is 1. The van der Waals surface area contributed by atoms with Crippen molar-refractivity contribution in [2.24, 2.45) is 5.92 Å². The highest BCUT2D eigenvalue weighted by Gasteiger charge is 2.22. The lowest BCUT2D eigenvalue weighted by Gasteiger charge is -2.23. The van der Waals surface area contributed by atoms with E-state index in [1.54, 1.807) is 0 Å². The summed E-state index contributed by atoms with van der Waals surface area (Å²) in [5.41, 5.74) is 1.85. The molecule has 4 nitrogen and oxygen atoms in total. The van der Waals surface area contributed by atoms with Gasteiger partial charge in [-0.3, -0.25) is 4.79 Å². The molecule has 1 saturated heterocycles. The van der Waals surface area contributed by atoms with Crippen LogP contribution in [0.5, 0.6) is 5.75 Å². The zero-order valence-electron chi connectivity index (χ0n) is 14.4. The minimum atomic E-state index is -0.0804. The monoisotopic (exact) mass is 360 g/mol. The highest BCUT2D eigenvalue weighted by atomic mass is 35.5. The van der Waals surface area contributed by atoms with E-state index in [0.717, 1.165) is 37.2 Å². The molecule has 2 aromatic carbocycles. The Balaban J connectivity index is 0.00000225. The van der Waals surface area contributed by atoms with Gasteiger partial charge in [-0.15, -0.1) is 12.4 Å². The molecule has 2 aromatic rings. The summed E-state index contributed by atoms with van der Waals surface area (Å²) < 4.78 is 6.09. The Morgan fingerprint density at radius 1 is 1.08 bits per heavy atom. The Labute approximate surface area is 155 Å². The lowest BCUT2D eigenvalue weighted by Crippen LogP contribution is -2.34. The third kappa shape index (κ3) is 5.21. The molecule has 1 atom stereocenters. The third-order valence-corrected chi connectivity index (χ3v) is 4.43. The Hall–Kier alpha value is -2.04. The van der Waals surface area contributed by atoms with Crippen LogP contribution < -0.4 is 15.4 Å². The SMILES string of the molecule is CC(Oc1ccccc1NC(=O)C1CCNCC1)c1ccccc1.Cl. The zero-order valence-corrected chi connectivity index (χ0v) is 15.2. The summed E-state index contributed by atoms with van der Waals surface area (Å²) in [6, 6.07) is 17.7. The standard InChI is InChI=1S/C20H24N2O2.ClH/c1-15(16-7-3-2-4-8-16)24-19-10-6-5-9-18(19)22-20(23)17-11-13-21-14-12-17;/h2-10,15,17,21H,11-14H2,1H3,(H,22,23);1H. The van der Waals surface area contributed by atoms with Gasteiger partial charge in [0, 0.05) is 5.92 Å². The van der Waals surface area contributed by atoms with E-state index < -0.39 is 0 Å². The van der Waals surface area contributed by atoms with Crippen molar-refractivity contribution in [3.63, 3.8) is 0 Å². The molecule has 0 aliphatic carbocycles. The predicted molar refractivity (Wildman–Crippen MR) is 103 cm³/mol. The van der Waals surface area contributed by atoms with Crippen molar-refractivity contribution in [2.45, 2.75) is 25.9 Å². The predicted octanol–water partition coefficient (Wildman–Crippen LogP) is 4.19. The molecule has 1 amide bonds. The van der Waals surface area contributed by atoms with Crippen LogP contribution in [0.2, 0.25) is 0 Å². The van der Waals surface area contributed by atoms with Crippen LogP contribution in [-0.4, -0.2) is 19.0 Å². The first kappa shape index (κ1) is 19.3. The van der Waals surface area contributed by atoms with Crippen LogP contribution in [0.1, 0.15) is 31.4 Å². The molecule has 1 unspecified atom stereocenters. The van der Waals surface area contributed by atoms with Gasteiger partial charge in [-0.1, -0.05) is 42.5 Å². The number of ether oxygens (including phenoxy) is 1. The van der Waals surface area contributed by atoms with Crippen molar-refractivity contribution in [1.29, 1.82) is 0 Å². The maximum absolute atomic E-state index is 12.5. The van der Waals surface area contributed by atoms with Gasteiger partial charge in [0.25, 0.3) is 0 Å². The number of halogens is 1. The fraction of sp³-hybridized carbons (Fsp3) is 0.350. The third-order valence-electron chi connectivity index (χ3n) is 4.43. The van der Waals surface area contributed by atoms with Crippen LogP contribution in [0.4, 0.5) is 5.69 Å². The molecule has 1 aliphatic rings. The van der Waals surface area contributed by atoms with E-state index in [0.29, 0.717) is 5.75 Å². The second-order valence-corrected chi connectivity index (χ2v) is 6.18. The van der Waals surface area contributed by atoms with Gasteiger partial charge in [0.05, 0.1) is 5.69 Å². The molecule has 25 heavy (non-hydrogen) atoms. The molecule has 1 fully saturated rings. The first-order valence-corrected chi connectivity index (χ1v) is 8.56. The van der Waals surface area contributed by atoms with E-state index in [1.165, 1.54) is 0 Å². The number of benzene rings is 2. The molecule has 1 heterocycles. The molecule has 0 aromatic heterocycles. The summed E-state index contributed by atoms with van der Waals surface area (Å²) in [6.07, 6.45) is 1.69. The summed E-state index contributed by atoms with van der Waals surface area (Å²) >= 11 is 0. The largest absolute Gasteiger partial charge is 0.484 e. The summed E-state index contributed by atoms with van der Waals surface area (Å²) in [6.45, 7) is 3.82.